The minimum Gasteiger partial charge on any atom is -0.135 e. The highest BCUT2D eigenvalue weighted by molar-refractivity contribution is 7.26. The van der Waals surface area contributed by atoms with E-state index >= 15 is 0 Å². The molecule has 0 aliphatic heterocycles. The molecule has 1 heterocycles. The van der Waals surface area contributed by atoms with E-state index in [0.717, 1.165) is 10.8 Å². The predicted octanol–water partition coefficient (Wildman–Crippen LogP) is 14.2. The van der Waals surface area contributed by atoms with Crippen LogP contribution in [0.5, 0.6) is 0 Å². The Labute approximate surface area is 290 Å². The van der Waals surface area contributed by atoms with Crippen LogP contribution in [0.3, 0.4) is 0 Å². The summed E-state index contributed by atoms with van der Waals surface area (Å²) >= 11 is 1.88. The molecule has 0 aliphatic carbocycles. The fourth-order valence-corrected chi connectivity index (χ4v) is 8.91. The van der Waals surface area contributed by atoms with E-state index in [1.165, 1.54) is 86.2 Å². The van der Waals surface area contributed by atoms with Crippen molar-refractivity contribution in [3.63, 3.8) is 0 Å². The summed E-state index contributed by atoms with van der Waals surface area (Å²) in [7, 11) is 0. The lowest BCUT2D eigenvalue weighted by Gasteiger charge is -2.19. The van der Waals surface area contributed by atoms with E-state index < -0.39 is 0 Å². The quantitative estimate of drug-likeness (QED) is 0.168. The van der Waals surface area contributed by atoms with Gasteiger partial charge in [-0.1, -0.05) is 158 Å². The molecule has 0 nitrogen and oxygen atoms in total. The highest BCUT2D eigenvalue weighted by Gasteiger charge is 2.20. The Morgan fingerprint density at radius 1 is 0.347 bits per heavy atom. The number of fused-ring (bicyclic) bond motifs is 6. The third-order valence-electron chi connectivity index (χ3n) is 9.97. The van der Waals surface area contributed by atoms with Gasteiger partial charge in [-0.25, -0.2) is 0 Å². The molecule has 228 valence electrons. The van der Waals surface area contributed by atoms with Crippen molar-refractivity contribution < 1.29 is 1.37 Å². The maximum Gasteiger partial charge on any atom is 0.0623 e. The van der Waals surface area contributed by atoms with Crippen LogP contribution in [0.25, 0.3) is 97.0 Å². The summed E-state index contributed by atoms with van der Waals surface area (Å²) in [6, 6.07) is 64.2. The zero-order valence-electron chi connectivity index (χ0n) is 27.7. The van der Waals surface area contributed by atoms with Gasteiger partial charge in [-0.3, -0.25) is 0 Å². The van der Waals surface area contributed by atoms with Crippen LogP contribution in [-0.4, -0.2) is 0 Å². The maximum absolute atomic E-state index is 8.02. The number of rotatable bonds is 4. The highest BCUT2D eigenvalue weighted by Crippen LogP contribution is 2.48. The first-order valence-corrected chi connectivity index (χ1v) is 17.6. The summed E-state index contributed by atoms with van der Waals surface area (Å²) < 4.78 is 10.6. The molecule has 1 heteroatoms. The molecule has 0 bridgehead atoms. The standard InChI is InChI=1S/C48H30S/c1-2-12-31(13-3-1)36-26-27-42-45(30-36)49-44-23-11-22-43(48(42)44)47-40-20-8-6-18-38(40)46(39-19-7-9-21-41(39)47)37-17-10-16-34(29-37)35-25-24-32-14-4-5-15-33(32)28-35/h1-30H/i4D. The van der Waals surface area contributed by atoms with Gasteiger partial charge in [-0.2, -0.15) is 0 Å². The summed E-state index contributed by atoms with van der Waals surface area (Å²) in [6.45, 7) is 0. The second-order valence-electron chi connectivity index (χ2n) is 12.8. The first kappa shape index (κ1) is 27.0. The molecule has 0 fully saturated rings. The number of benzene rings is 9. The normalized spacial score (nSPS) is 12.0. The van der Waals surface area contributed by atoms with Crippen molar-refractivity contribution in [1.82, 2.24) is 0 Å². The summed E-state index contributed by atoms with van der Waals surface area (Å²) in [6.07, 6.45) is 0. The first-order chi connectivity index (χ1) is 24.7. The smallest absolute Gasteiger partial charge is 0.0623 e. The van der Waals surface area contributed by atoms with Crippen LogP contribution in [0.4, 0.5) is 0 Å². The van der Waals surface area contributed by atoms with Crippen LogP contribution in [0, 0.1) is 0 Å². The largest absolute Gasteiger partial charge is 0.135 e. The van der Waals surface area contributed by atoms with Crippen molar-refractivity contribution in [1.29, 1.82) is 0 Å². The zero-order chi connectivity index (χ0) is 33.2. The summed E-state index contributed by atoms with van der Waals surface area (Å²) in [5, 5.41) is 9.90. The van der Waals surface area contributed by atoms with Crippen LogP contribution in [0.15, 0.2) is 182 Å². The van der Waals surface area contributed by atoms with Crippen LogP contribution in [0.1, 0.15) is 1.37 Å². The molecule has 0 saturated heterocycles. The number of hydrogen-bond donors (Lipinski definition) is 0. The SMILES string of the molecule is [2H]c1ccc2cc(-c3cccc(-c4c5ccccc5c(-c5cccc6sc7cc(-c8ccccc8)ccc7c56)c5ccccc45)c3)ccc2c1. The maximum atomic E-state index is 8.02. The Balaban J connectivity index is 1.20. The Bertz CT molecular complexity index is 2880. The molecule has 10 aromatic rings. The molecule has 1 aromatic heterocycles. The van der Waals surface area contributed by atoms with Crippen LogP contribution < -0.4 is 0 Å². The molecule has 0 amide bonds. The minimum atomic E-state index is 0.537. The Kier molecular flexibility index (Phi) is 6.22. The second kappa shape index (κ2) is 11.3. The lowest BCUT2D eigenvalue weighted by molar-refractivity contribution is 1.63. The summed E-state index contributed by atoms with van der Waals surface area (Å²) in [4.78, 5) is 0. The fraction of sp³-hybridized carbons (Fsp3) is 0. The van der Waals surface area contributed by atoms with Gasteiger partial charge < -0.3 is 0 Å². The van der Waals surface area contributed by atoms with Crippen molar-refractivity contribution in [2.24, 2.45) is 0 Å². The van der Waals surface area contributed by atoms with E-state index in [0.29, 0.717) is 6.04 Å². The topological polar surface area (TPSA) is 0 Å². The molecule has 0 aliphatic rings. The van der Waals surface area contributed by atoms with E-state index in [2.05, 4.69) is 158 Å². The molecule has 9 aromatic carbocycles. The Morgan fingerprint density at radius 2 is 0.980 bits per heavy atom. The van der Waals surface area contributed by atoms with Gasteiger partial charge in [0.15, 0.2) is 0 Å². The fourth-order valence-electron chi connectivity index (χ4n) is 7.73. The molecule has 0 spiro atoms. The molecular formula is C48H30S. The highest BCUT2D eigenvalue weighted by atomic mass is 32.1. The van der Waals surface area contributed by atoms with Gasteiger partial charge >= 0.3 is 0 Å². The van der Waals surface area contributed by atoms with Gasteiger partial charge in [0.1, 0.15) is 0 Å². The monoisotopic (exact) mass is 639 g/mol. The van der Waals surface area contributed by atoms with Crippen molar-refractivity contribution in [2.45, 2.75) is 0 Å². The van der Waals surface area contributed by atoms with E-state index in [-0.39, 0.29) is 0 Å². The lowest BCUT2D eigenvalue weighted by Crippen LogP contribution is -1.91. The number of thiophene rings is 1. The molecule has 0 N–H and O–H groups in total. The van der Waals surface area contributed by atoms with Gasteiger partial charge in [0.25, 0.3) is 0 Å². The zero-order valence-corrected chi connectivity index (χ0v) is 27.5. The predicted molar refractivity (Wildman–Crippen MR) is 214 cm³/mol. The average Bonchev–Trinajstić information content (AvgIpc) is 3.55. The Hall–Kier alpha value is -6.02. The van der Waals surface area contributed by atoms with Gasteiger partial charge in [0.2, 0.25) is 0 Å². The van der Waals surface area contributed by atoms with Gasteiger partial charge in [0, 0.05) is 20.2 Å². The Morgan fingerprint density at radius 3 is 1.78 bits per heavy atom. The summed E-state index contributed by atoms with van der Waals surface area (Å²) in [5.41, 5.74) is 9.88. The third-order valence-corrected chi connectivity index (χ3v) is 11.1. The number of hydrogen-bond acceptors (Lipinski definition) is 1. The van der Waals surface area contributed by atoms with Crippen molar-refractivity contribution in [2.75, 3.05) is 0 Å². The van der Waals surface area contributed by atoms with E-state index in [1.807, 2.05) is 29.5 Å². The third kappa shape index (κ3) is 4.58. The lowest BCUT2D eigenvalue weighted by atomic mass is 9.84. The molecule has 0 saturated carbocycles. The summed E-state index contributed by atoms with van der Waals surface area (Å²) in [5.74, 6) is 0. The van der Waals surface area contributed by atoms with Crippen LogP contribution in [0.2, 0.25) is 0 Å². The molecular weight excluding hydrogens is 609 g/mol. The van der Waals surface area contributed by atoms with Crippen molar-refractivity contribution >= 4 is 63.8 Å². The van der Waals surface area contributed by atoms with E-state index in [9.17, 15) is 0 Å². The molecule has 10 rings (SSSR count). The molecule has 49 heavy (non-hydrogen) atoms. The van der Waals surface area contributed by atoms with Crippen molar-refractivity contribution in [3.05, 3.63) is 182 Å². The van der Waals surface area contributed by atoms with E-state index in [4.69, 9.17) is 1.37 Å². The van der Waals surface area contributed by atoms with Gasteiger partial charge in [0.05, 0.1) is 1.37 Å². The minimum absolute atomic E-state index is 0.537. The van der Waals surface area contributed by atoms with Crippen molar-refractivity contribution in [3.8, 4) is 44.5 Å². The molecule has 0 atom stereocenters. The second-order valence-corrected chi connectivity index (χ2v) is 13.9. The van der Waals surface area contributed by atoms with E-state index in [1.54, 1.807) is 0 Å². The molecule has 0 radical (unpaired) electrons. The van der Waals surface area contributed by atoms with Gasteiger partial charge in [-0.05, 0) is 101 Å². The van der Waals surface area contributed by atoms with Crippen LogP contribution in [-0.2, 0) is 0 Å². The molecule has 0 unspecified atom stereocenters. The first-order valence-electron chi connectivity index (χ1n) is 17.3. The van der Waals surface area contributed by atoms with Crippen LogP contribution >= 0.6 is 11.3 Å². The average molecular weight is 640 g/mol. The van der Waals surface area contributed by atoms with Gasteiger partial charge in [-0.15, -0.1) is 11.3 Å².